The summed E-state index contributed by atoms with van der Waals surface area (Å²) < 4.78 is 56.5. The van der Waals surface area contributed by atoms with Crippen molar-refractivity contribution in [1.82, 2.24) is 9.47 Å². The van der Waals surface area contributed by atoms with Crippen molar-refractivity contribution >= 4 is 17.1 Å². The maximum absolute atomic E-state index is 14.1. The molecule has 0 radical (unpaired) electrons. The van der Waals surface area contributed by atoms with Crippen LogP contribution in [0.1, 0.15) is 56.1 Å². The molecule has 8 heteroatoms. The Hall–Kier alpha value is -2.82. The highest BCUT2D eigenvalue weighted by molar-refractivity contribution is 5.89. The minimum atomic E-state index is -4.46. The van der Waals surface area contributed by atoms with E-state index in [-0.39, 0.29) is 11.6 Å². The molecular weight excluding hydrogens is 384 g/mol. The molecule has 1 aromatic heterocycles. The molecule has 0 N–H and O–H groups in total. The third-order valence-corrected chi connectivity index (χ3v) is 5.83. The second-order valence-electron chi connectivity index (χ2n) is 7.52. The van der Waals surface area contributed by atoms with Crippen LogP contribution in [0.15, 0.2) is 35.5 Å². The number of nitrogens with zero attached hydrogens (tertiary/aromatic N) is 4. The summed E-state index contributed by atoms with van der Waals surface area (Å²) in [7, 11) is 0. The van der Waals surface area contributed by atoms with E-state index in [1.165, 1.54) is 36.7 Å². The van der Waals surface area contributed by atoms with E-state index in [2.05, 4.69) is 11.1 Å². The molecule has 1 saturated carbocycles. The Morgan fingerprint density at radius 1 is 1.24 bits per heavy atom. The van der Waals surface area contributed by atoms with Crippen LogP contribution in [-0.4, -0.2) is 27.9 Å². The van der Waals surface area contributed by atoms with Gasteiger partial charge in [-0.1, -0.05) is 12.8 Å². The molecule has 0 bridgehead atoms. The van der Waals surface area contributed by atoms with Crippen molar-refractivity contribution in [1.29, 1.82) is 5.26 Å². The second kappa shape index (κ2) is 7.21. The lowest BCUT2D eigenvalue weighted by Gasteiger charge is -2.37. The van der Waals surface area contributed by atoms with Gasteiger partial charge in [-0.2, -0.15) is 18.4 Å². The average Bonchev–Trinajstić information content (AvgIpc) is 3.31. The van der Waals surface area contributed by atoms with Gasteiger partial charge in [-0.25, -0.2) is 4.39 Å². The molecule has 2 aliphatic rings. The van der Waals surface area contributed by atoms with Crippen LogP contribution < -0.4 is 0 Å². The van der Waals surface area contributed by atoms with Crippen LogP contribution in [0.3, 0.4) is 0 Å². The molecule has 0 spiro atoms. The summed E-state index contributed by atoms with van der Waals surface area (Å²) in [6.45, 7) is 1.08. The zero-order chi connectivity index (χ0) is 20.8. The summed E-state index contributed by atoms with van der Waals surface area (Å²) in [6, 6.07) is 4.51. The lowest BCUT2D eigenvalue weighted by atomic mass is 10.1. The van der Waals surface area contributed by atoms with Gasteiger partial charge in [0, 0.05) is 23.8 Å². The first-order valence-corrected chi connectivity index (χ1v) is 9.60. The molecule has 152 valence electrons. The number of benzene rings is 1. The zero-order valence-electron chi connectivity index (χ0n) is 15.8. The van der Waals surface area contributed by atoms with Crippen molar-refractivity contribution in [2.45, 2.75) is 57.0 Å². The fourth-order valence-electron chi connectivity index (χ4n) is 4.38. The van der Waals surface area contributed by atoms with E-state index in [1.54, 1.807) is 0 Å². The van der Waals surface area contributed by atoms with Crippen molar-refractivity contribution in [3.8, 4) is 6.07 Å². The number of nitriles is 1. The number of hydrogen-bond donors (Lipinski definition) is 0. The van der Waals surface area contributed by atoms with Crippen molar-refractivity contribution in [3.63, 3.8) is 0 Å². The Kier molecular flexibility index (Phi) is 4.85. The molecule has 2 heterocycles. The zero-order valence-corrected chi connectivity index (χ0v) is 15.8. The smallest absolute Gasteiger partial charge is 0.339 e. The molecule has 4 nitrogen and oxygen atoms in total. The standard InChI is InChI=1S/C21H20F4N4/c1-13(21(23,24)25)28-10-4-9-27-20(28)19-17(12-26)16-8-7-14(22)11-18(16)29(19)15-5-2-3-6-15/h4,7-11,13,15,20H,2-3,5-6H2,1H3/t13-,20?/m0/s1. The maximum atomic E-state index is 14.1. The van der Waals surface area contributed by atoms with Crippen molar-refractivity contribution in [2.24, 2.45) is 4.99 Å². The molecular formula is C21H20F4N4. The minimum absolute atomic E-state index is 0.000508. The van der Waals surface area contributed by atoms with Gasteiger partial charge in [0.15, 0.2) is 6.17 Å². The molecule has 2 aromatic rings. The van der Waals surface area contributed by atoms with E-state index in [1.807, 2.05) is 4.57 Å². The van der Waals surface area contributed by atoms with Crippen LogP contribution in [0.2, 0.25) is 0 Å². The van der Waals surface area contributed by atoms with Crippen LogP contribution in [-0.2, 0) is 0 Å². The van der Waals surface area contributed by atoms with Gasteiger partial charge < -0.3 is 9.47 Å². The molecule has 4 rings (SSSR count). The fourth-order valence-corrected chi connectivity index (χ4v) is 4.38. The van der Waals surface area contributed by atoms with E-state index in [0.717, 1.165) is 37.5 Å². The van der Waals surface area contributed by atoms with Gasteiger partial charge in [-0.3, -0.25) is 4.99 Å². The Labute approximate surface area is 165 Å². The Morgan fingerprint density at radius 3 is 2.62 bits per heavy atom. The number of aromatic nitrogens is 1. The predicted molar refractivity (Wildman–Crippen MR) is 102 cm³/mol. The molecule has 1 fully saturated rings. The van der Waals surface area contributed by atoms with Crippen LogP contribution in [0.25, 0.3) is 10.9 Å². The number of fused-ring (bicyclic) bond motifs is 1. The topological polar surface area (TPSA) is 44.3 Å². The Bertz CT molecular complexity index is 1020. The van der Waals surface area contributed by atoms with Gasteiger partial charge in [0.25, 0.3) is 0 Å². The predicted octanol–water partition coefficient (Wildman–Crippen LogP) is 5.62. The van der Waals surface area contributed by atoms with Gasteiger partial charge in [0.2, 0.25) is 0 Å². The summed E-state index contributed by atoms with van der Waals surface area (Å²) in [4.78, 5) is 5.44. The van der Waals surface area contributed by atoms with E-state index in [4.69, 9.17) is 0 Å². The number of aliphatic imine (C=N–C) groups is 1. The fraction of sp³-hybridized carbons (Fsp3) is 0.429. The van der Waals surface area contributed by atoms with Crippen LogP contribution >= 0.6 is 0 Å². The number of allylic oxidation sites excluding steroid dienone is 1. The maximum Gasteiger partial charge on any atom is 0.408 e. The largest absolute Gasteiger partial charge is 0.408 e. The van der Waals surface area contributed by atoms with Gasteiger partial charge >= 0.3 is 6.18 Å². The normalized spacial score (nSPS) is 21.1. The van der Waals surface area contributed by atoms with Gasteiger partial charge in [0.1, 0.15) is 17.9 Å². The van der Waals surface area contributed by atoms with E-state index in [9.17, 15) is 22.8 Å². The van der Waals surface area contributed by atoms with Gasteiger partial charge in [-0.15, -0.1) is 0 Å². The highest BCUT2D eigenvalue weighted by Gasteiger charge is 2.44. The summed E-state index contributed by atoms with van der Waals surface area (Å²) in [5.41, 5.74) is 1.19. The highest BCUT2D eigenvalue weighted by Crippen LogP contribution is 2.43. The quantitative estimate of drug-likeness (QED) is 0.624. The third kappa shape index (κ3) is 3.28. The molecule has 1 unspecified atom stereocenters. The lowest BCUT2D eigenvalue weighted by Crippen LogP contribution is -2.43. The SMILES string of the molecule is C[C@H](N1C=CC=NC1c1c(C#N)c2ccc(F)cc2n1C1CCCC1)C(F)(F)F. The van der Waals surface area contributed by atoms with Crippen molar-refractivity contribution in [2.75, 3.05) is 0 Å². The van der Waals surface area contributed by atoms with Crippen LogP contribution in [0.4, 0.5) is 17.6 Å². The van der Waals surface area contributed by atoms with E-state index >= 15 is 0 Å². The molecule has 0 saturated heterocycles. The molecule has 1 aliphatic carbocycles. The number of rotatable bonds is 3. The first kappa shape index (κ1) is 19.5. The van der Waals surface area contributed by atoms with Crippen molar-refractivity contribution in [3.05, 3.63) is 47.5 Å². The first-order valence-electron chi connectivity index (χ1n) is 9.60. The highest BCUT2D eigenvalue weighted by atomic mass is 19.4. The number of hydrogen-bond acceptors (Lipinski definition) is 3. The Morgan fingerprint density at radius 2 is 1.97 bits per heavy atom. The van der Waals surface area contributed by atoms with E-state index < -0.39 is 24.2 Å². The van der Waals surface area contributed by atoms with Gasteiger partial charge in [-0.05, 0) is 44.0 Å². The molecule has 2 atom stereocenters. The second-order valence-corrected chi connectivity index (χ2v) is 7.52. The monoisotopic (exact) mass is 404 g/mol. The Balaban J connectivity index is 1.96. The van der Waals surface area contributed by atoms with E-state index in [0.29, 0.717) is 16.6 Å². The summed E-state index contributed by atoms with van der Waals surface area (Å²) in [6.07, 6.45) is 2.41. The summed E-state index contributed by atoms with van der Waals surface area (Å²) in [5.74, 6) is -0.446. The number of alkyl halides is 3. The average molecular weight is 404 g/mol. The third-order valence-electron chi connectivity index (χ3n) is 5.83. The van der Waals surface area contributed by atoms with Crippen LogP contribution in [0.5, 0.6) is 0 Å². The van der Waals surface area contributed by atoms with Crippen LogP contribution in [0, 0.1) is 17.1 Å². The number of halogens is 4. The lowest BCUT2D eigenvalue weighted by molar-refractivity contribution is -0.177. The summed E-state index contributed by atoms with van der Waals surface area (Å²) in [5, 5.41) is 10.4. The summed E-state index contributed by atoms with van der Waals surface area (Å²) >= 11 is 0. The molecule has 1 aromatic carbocycles. The molecule has 29 heavy (non-hydrogen) atoms. The van der Waals surface area contributed by atoms with Gasteiger partial charge in [0.05, 0.1) is 16.8 Å². The molecule has 1 aliphatic heterocycles. The molecule has 0 amide bonds. The van der Waals surface area contributed by atoms with Crippen molar-refractivity contribution < 1.29 is 17.6 Å². The minimum Gasteiger partial charge on any atom is -0.339 e. The first-order chi connectivity index (χ1) is 13.8.